The van der Waals surface area contributed by atoms with Crippen LogP contribution in [0.4, 0.5) is 0 Å². The molecule has 0 spiro atoms. The number of imidazole rings is 1. The highest BCUT2D eigenvalue weighted by molar-refractivity contribution is 7.99. The van der Waals surface area contributed by atoms with Crippen LogP contribution < -0.4 is 5.32 Å². The second-order valence-electron chi connectivity index (χ2n) is 4.31. The van der Waals surface area contributed by atoms with E-state index in [0.29, 0.717) is 6.04 Å². The van der Waals surface area contributed by atoms with Crippen molar-refractivity contribution in [2.24, 2.45) is 0 Å². The van der Waals surface area contributed by atoms with E-state index < -0.39 is 0 Å². The molecule has 1 aromatic heterocycles. The molecular formula is C11H17N3OS. The van der Waals surface area contributed by atoms with Gasteiger partial charge in [-0.1, -0.05) is 0 Å². The van der Waals surface area contributed by atoms with Gasteiger partial charge in [0.05, 0.1) is 24.8 Å². The fourth-order valence-corrected chi connectivity index (χ4v) is 3.57. The zero-order chi connectivity index (χ0) is 10.8. The third kappa shape index (κ3) is 1.99. The second kappa shape index (κ2) is 4.77. The van der Waals surface area contributed by atoms with E-state index >= 15 is 0 Å². The molecule has 2 aliphatic heterocycles. The summed E-state index contributed by atoms with van der Waals surface area (Å²) in [4.78, 5) is 4.29. The van der Waals surface area contributed by atoms with Crippen LogP contribution in [0.25, 0.3) is 0 Å². The minimum atomic E-state index is 0.182. The molecule has 4 nitrogen and oxygen atoms in total. The van der Waals surface area contributed by atoms with E-state index in [1.807, 2.05) is 24.3 Å². The van der Waals surface area contributed by atoms with Crippen molar-refractivity contribution < 1.29 is 4.74 Å². The molecule has 0 bridgehead atoms. The maximum Gasteiger partial charge on any atom is 0.111 e. The van der Waals surface area contributed by atoms with Crippen LogP contribution in [-0.2, 0) is 4.74 Å². The highest BCUT2D eigenvalue weighted by Gasteiger charge is 2.24. The Morgan fingerprint density at radius 1 is 1.56 bits per heavy atom. The molecule has 16 heavy (non-hydrogen) atoms. The number of hydrogen-bond donors (Lipinski definition) is 1. The summed E-state index contributed by atoms with van der Waals surface area (Å²) in [6, 6.07) is 0.619. The Kier molecular flexibility index (Phi) is 3.17. The van der Waals surface area contributed by atoms with E-state index in [1.165, 1.54) is 23.6 Å². The summed E-state index contributed by atoms with van der Waals surface area (Å²) >= 11 is 2.03. The van der Waals surface area contributed by atoms with Crippen molar-refractivity contribution in [1.82, 2.24) is 14.9 Å². The highest BCUT2D eigenvalue weighted by atomic mass is 32.2. The van der Waals surface area contributed by atoms with Crippen LogP contribution in [0.1, 0.15) is 24.3 Å². The van der Waals surface area contributed by atoms with Crippen LogP contribution in [-0.4, -0.2) is 40.8 Å². The smallest absolute Gasteiger partial charge is 0.111 e. The summed E-state index contributed by atoms with van der Waals surface area (Å²) < 4.78 is 8.11. The minimum absolute atomic E-state index is 0.182. The van der Waals surface area contributed by atoms with E-state index in [2.05, 4.69) is 14.9 Å². The molecule has 2 saturated heterocycles. The van der Waals surface area contributed by atoms with Gasteiger partial charge in [-0.15, -0.1) is 0 Å². The van der Waals surface area contributed by atoms with Gasteiger partial charge in [0, 0.05) is 24.9 Å². The first-order valence-electron chi connectivity index (χ1n) is 5.87. The molecule has 0 amide bonds. The predicted molar refractivity (Wildman–Crippen MR) is 64.8 cm³/mol. The summed E-state index contributed by atoms with van der Waals surface area (Å²) in [6.45, 7) is 2.67. The molecule has 0 saturated carbocycles. The maximum absolute atomic E-state index is 5.79. The van der Waals surface area contributed by atoms with Crippen LogP contribution in [0.3, 0.4) is 0 Å². The Morgan fingerprint density at radius 2 is 2.56 bits per heavy atom. The Morgan fingerprint density at radius 3 is 3.31 bits per heavy atom. The average Bonchev–Trinajstić information content (AvgIpc) is 3.01. The van der Waals surface area contributed by atoms with Crippen molar-refractivity contribution in [3.8, 4) is 0 Å². The lowest BCUT2D eigenvalue weighted by molar-refractivity contribution is 0.0221. The predicted octanol–water partition coefficient (Wildman–Crippen LogP) is 1.22. The van der Waals surface area contributed by atoms with Crippen LogP contribution in [0.15, 0.2) is 12.5 Å². The number of thioether (sulfide) groups is 1. The van der Waals surface area contributed by atoms with Crippen molar-refractivity contribution in [3.63, 3.8) is 0 Å². The average molecular weight is 239 g/mol. The number of aromatic nitrogens is 2. The van der Waals surface area contributed by atoms with Crippen LogP contribution in [0.2, 0.25) is 0 Å². The number of nitrogens with zero attached hydrogens (tertiary/aromatic N) is 2. The summed E-state index contributed by atoms with van der Waals surface area (Å²) in [7, 11) is 0. The molecule has 1 aromatic rings. The Balaban J connectivity index is 1.80. The largest absolute Gasteiger partial charge is 0.369 e. The number of nitrogens with one attached hydrogen (secondary N) is 1. The summed E-state index contributed by atoms with van der Waals surface area (Å²) in [6.07, 6.45) is 5.36. The van der Waals surface area contributed by atoms with E-state index in [-0.39, 0.29) is 6.10 Å². The molecule has 0 aliphatic carbocycles. The number of morpholine rings is 1. The number of rotatable bonds is 2. The zero-order valence-corrected chi connectivity index (χ0v) is 10.1. The Hall–Kier alpha value is -0.520. The first-order valence-corrected chi connectivity index (χ1v) is 7.02. The van der Waals surface area contributed by atoms with Gasteiger partial charge < -0.3 is 14.6 Å². The molecule has 1 N–H and O–H groups in total. The van der Waals surface area contributed by atoms with Crippen molar-refractivity contribution >= 4 is 11.8 Å². The maximum atomic E-state index is 5.79. The molecule has 0 radical (unpaired) electrons. The fraction of sp³-hybridized carbons (Fsp3) is 0.727. The first-order chi connectivity index (χ1) is 7.95. The lowest BCUT2D eigenvalue weighted by Crippen LogP contribution is -2.34. The summed E-state index contributed by atoms with van der Waals surface area (Å²) in [5.41, 5.74) is 1.24. The molecule has 2 unspecified atom stereocenters. The monoisotopic (exact) mass is 239 g/mol. The van der Waals surface area contributed by atoms with Gasteiger partial charge in [-0.25, -0.2) is 4.98 Å². The quantitative estimate of drug-likeness (QED) is 0.842. The normalized spacial score (nSPS) is 30.8. The Bertz CT molecular complexity index is 343. The van der Waals surface area contributed by atoms with Crippen LogP contribution >= 0.6 is 11.8 Å². The fourth-order valence-electron chi connectivity index (χ4n) is 2.37. The lowest BCUT2D eigenvalue weighted by Gasteiger charge is -2.26. The summed E-state index contributed by atoms with van der Waals surface area (Å²) in [5, 5.41) is 3.37. The van der Waals surface area contributed by atoms with Gasteiger partial charge in [-0.2, -0.15) is 11.8 Å². The number of hydrogen-bond acceptors (Lipinski definition) is 4. The van der Waals surface area contributed by atoms with Crippen molar-refractivity contribution in [2.75, 3.05) is 31.2 Å². The van der Waals surface area contributed by atoms with Gasteiger partial charge >= 0.3 is 0 Å². The van der Waals surface area contributed by atoms with Gasteiger partial charge in [0.25, 0.3) is 0 Å². The molecule has 2 aliphatic rings. The number of ether oxygens (including phenoxy) is 1. The van der Waals surface area contributed by atoms with E-state index in [1.54, 1.807) is 0 Å². The minimum Gasteiger partial charge on any atom is -0.369 e. The molecule has 2 atom stereocenters. The van der Waals surface area contributed by atoms with Crippen molar-refractivity contribution in [2.45, 2.75) is 18.6 Å². The standard InChI is InChI=1S/C11H17N3OS/c1-4-16-7-9(1)14-8-13-5-10(14)11-6-12-2-3-15-11/h5,8-9,11-12H,1-4,6-7H2. The molecule has 3 heterocycles. The molecular weight excluding hydrogens is 222 g/mol. The van der Waals surface area contributed by atoms with Gasteiger partial charge in [0.2, 0.25) is 0 Å². The van der Waals surface area contributed by atoms with Gasteiger partial charge in [-0.05, 0) is 12.2 Å². The third-order valence-corrected chi connectivity index (χ3v) is 4.40. The molecule has 2 fully saturated rings. The van der Waals surface area contributed by atoms with E-state index in [9.17, 15) is 0 Å². The van der Waals surface area contributed by atoms with Crippen LogP contribution in [0, 0.1) is 0 Å². The SMILES string of the molecule is c1ncn(C2CCSC2)c1C1CNCCO1. The summed E-state index contributed by atoms with van der Waals surface area (Å²) in [5.74, 6) is 2.48. The molecule has 3 rings (SSSR count). The highest BCUT2D eigenvalue weighted by Crippen LogP contribution is 2.31. The van der Waals surface area contributed by atoms with Gasteiger partial charge in [0.15, 0.2) is 0 Å². The van der Waals surface area contributed by atoms with Gasteiger partial charge in [0.1, 0.15) is 6.10 Å². The lowest BCUT2D eigenvalue weighted by atomic mass is 10.2. The third-order valence-electron chi connectivity index (χ3n) is 3.25. The van der Waals surface area contributed by atoms with Gasteiger partial charge in [-0.3, -0.25) is 0 Å². The van der Waals surface area contributed by atoms with Crippen molar-refractivity contribution in [1.29, 1.82) is 0 Å². The first kappa shape index (κ1) is 10.6. The Labute approximate surface area is 99.8 Å². The van der Waals surface area contributed by atoms with Crippen LogP contribution in [0.5, 0.6) is 0 Å². The topological polar surface area (TPSA) is 39.1 Å². The second-order valence-corrected chi connectivity index (χ2v) is 5.46. The van der Waals surface area contributed by atoms with Crippen molar-refractivity contribution in [3.05, 3.63) is 18.2 Å². The van der Waals surface area contributed by atoms with E-state index in [0.717, 1.165) is 19.7 Å². The molecule has 88 valence electrons. The van der Waals surface area contributed by atoms with E-state index in [4.69, 9.17) is 4.74 Å². The zero-order valence-electron chi connectivity index (χ0n) is 9.26. The molecule has 0 aromatic carbocycles. The molecule has 5 heteroatoms.